The number of carbonyl (C=O) groups is 1. The lowest BCUT2D eigenvalue weighted by Gasteiger charge is -2.26. The average Bonchev–Trinajstić information content (AvgIpc) is 3.20. The molecule has 1 aliphatic rings. The maximum atomic E-state index is 14.6. The zero-order chi connectivity index (χ0) is 25.1. The number of nitrogens with zero attached hydrogens (tertiary/aromatic N) is 4. The van der Waals surface area contributed by atoms with Gasteiger partial charge in [0.2, 0.25) is 5.91 Å². The van der Waals surface area contributed by atoms with E-state index in [4.69, 9.17) is 21.1 Å². The van der Waals surface area contributed by atoms with Gasteiger partial charge in [0, 0.05) is 18.7 Å². The number of likely N-dealkylation sites (N-methyl/N-ethyl adjacent to an activating group) is 1. The highest BCUT2D eigenvalue weighted by Crippen LogP contribution is 2.36. The molecular weight excluding hydrogens is 477 g/mol. The minimum Gasteiger partial charge on any atom is -0.497 e. The third-order valence-corrected chi connectivity index (χ3v) is 6.00. The van der Waals surface area contributed by atoms with E-state index in [0.29, 0.717) is 34.6 Å². The van der Waals surface area contributed by atoms with Crippen molar-refractivity contribution in [3.8, 4) is 11.5 Å². The topological polar surface area (TPSA) is 100 Å². The van der Waals surface area contributed by atoms with Gasteiger partial charge in [0.05, 0.1) is 47.4 Å². The lowest BCUT2D eigenvalue weighted by molar-refractivity contribution is -0.133. The SMILES string of the molecule is COc1cc(OC[C@@H]2C[C@H](O)CN2C(=O)CN(C)C)c2c(Nc3cccc(Cl)c3F)ncnc2c1. The summed E-state index contributed by atoms with van der Waals surface area (Å²) in [4.78, 5) is 24.7. The van der Waals surface area contributed by atoms with Gasteiger partial charge in [0.15, 0.2) is 5.82 Å². The summed E-state index contributed by atoms with van der Waals surface area (Å²) in [6, 6.07) is 7.72. The predicted molar refractivity (Wildman–Crippen MR) is 131 cm³/mol. The van der Waals surface area contributed by atoms with Crippen LogP contribution in [-0.4, -0.2) is 83.8 Å². The van der Waals surface area contributed by atoms with E-state index in [-0.39, 0.29) is 42.4 Å². The second-order valence-corrected chi connectivity index (χ2v) is 9.01. The molecule has 2 heterocycles. The van der Waals surface area contributed by atoms with Crippen LogP contribution in [-0.2, 0) is 4.79 Å². The highest BCUT2D eigenvalue weighted by Gasteiger charge is 2.35. The normalized spacial score (nSPS) is 17.7. The number of aliphatic hydroxyl groups excluding tert-OH is 1. The van der Waals surface area contributed by atoms with Crippen molar-refractivity contribution in [3.05, 3.63) is 47.5 Å². The summed E-state index contributed by atoms with van der Waals surface area (Å²) in [5.41, 5.74) is 0.671. The lowest BCUT2D eigenvalue weighted by Crippen LogP contribution is -2.43. The Labute approximate surface area is 207 Å². The van der Waals surface area contributed by atoms with Crippen LogP contribution in [0.5, 0.6) is 11.5 Å². The molecule has 0 unspecified atom stereocenters. The highest BCUT2D eigenvalue weighted by molar-refractivity contribution is 6.31. The second-order valence-electron chi connectivity index (χ2n) is 8.61. The number of rotatable bonds is 8. The van der Waals surface area contributed by atoms with Crippen LogP contribution in [0.1, 0.15) is 6.42 Å². The molecule has 1 fully saturated rings. The Morgan fingerprint density at radius 2 is 2.14 bits per heavy atom. The van der Waals surface area contributed by atoms with Gasteiger partial charge in [-0.3, -0.25) is 4.79 Å². The van der Waals surface area contributed by atoms with Crippen LogP contribution >= 0.6 is 11.6 Å². The summed E-state index contributed by atoms with van der Waals surface area (Å²) in [6.07, 6.45) is 1.13. The Bertz CT molecular complexity index is 1230. The lowest BCUT2D eigenvalue weighted by atomic mass is 10.1. The van der Waals surface area contributed by atoms with Crippen LogP contribution < -0.4 is 14.8 Å². The summed E-state index contributed by atoms with van der Waals surface area (Å²) >= 11 is 5.93. The minimum atomic E-state index is -0.622. The summed E-state index contributed by atoms with van der Waals surface area (Å²) in [5.74, 6) is 0.537. The molecule has 2 atom stereocenters. The third kappa shape index (κ3) is 5.55. The highest BCUT2D eigenvalue weighted by atomic mass is 35.5. The molecule has 3 aromatic rings. The molecule has 9 nitrogen and oxygen atoms in total. The van der Waals surface area contributed by atoms with Gasteiger partial charge in [-0.05, 0) is 32.6 Å². The fourth-order valence-corrected chi connectivity index (χ4v) is 4.26. The number of anilines is 2. The van der Waals surface area contributed by atoms with Gasteiger partial charge in [-0.2, -0.15) is 0 Å². The quantitative estimate of drug-likeness (QED) is 0.484. The number of hydrogen-bond acceptors (Lipinski definition) is 8. The van der Waals surface area contributed by atoms with Crippen molar-refractivity contribution in [3.63, 3.8) is 0 Å². The first kappa shape index (κ1) is 24.9. The van der Waals surface area contributed by atoms with Crippen LogP contribution in [0, 0.1) is 5.82 Å². The number of aromatic nitrogens is 2. The Kier molecular flexibility index (Phi) is 7.54. The number of aliphatic hydroxyl groups is 1. The van der Waals surface area contributed by atoms with Gasteiger partial charge >= 0.3 is 0 Å². The van der Waals surface area contributed by atoms with Crippen LogP contribution in [0.25, 0.3) is 10.9 Å². The number of likely N-dealkylation sites (tertiary alicyclic amines) is 1. The van der Waals surface area contributed by atoms with Crippen LogP contribution in [0.15, 0.2) is 36.7 Å². The number of fused-ring (bicyclic) bond motifs is 1. The maximum absolute atomic E-state index is 14.6. The summed E-state index contributed by atoms with van der Waals surface area (Å²) in [7, 11) is 5.16. The zero-order valence-electron chi connectivity index (χ0n) is 19.7. The van der Waals surface area contributed by atoms with E-state index >= 15 is 0 Å². The van der Waals surface area contributed by atoms with Crippen LogP contribution in [0.3, 0.4) is 0 Å². The second kappa shape index (κ2) is 10.6. The average molecular weight is 504 g/mol. The number of hydrogen-bond donors (Lipinski definition) is 2. The standard InChI is InChI=1S/C24H27ClFN5O4/c1-30(2)11-21(33)31-10-15(32)7-14(31)12-35-20-9-16(34-3)8-19-22(20)24(28-13-27-19)29-18-6-4-5-17(25)23(18)26/h4-6,8-9,13-15,32H,7,10-12H2,1-3H3,(H,27,28,29)/t14-,15-/m0/s1. The number of amides is 1. The molecule has 1 aromatic heterocycles. The van der Waals surface area contributed by atoms with E-state index in [2.05, 4.69) is 15.3 Å². The minimum absolute atomic E-state index is 0.0196. The number of carbonyl (C=O) groups excluding carboxylic acids is 1. The van der Waals surface area contributed by atoms with E-state index in [9.17, 15) is 14.3 Å². The molecule has 1 saturated heterocycles. The van der Waals surface area contributed by atoms with Crippen molar-refractivity contribution in [1.29, 1.82) is 0 Å². The molecule has 35 heavy (non-hydrogen) atoms. The number of benzene rings is 2. The molecule has 0 radical (unpaired) electrons. The molecule has 2 aromatic carbocycles. The first-order valence-electron chi connectivity index (χ1n) is 11.1. The van der Waals surface area contributed by atoms with Crippen LogP contribution in [0.4, 0.5) is 15.9 Å². The molecule has 2 N–H and O–H groups in total. The Morgan fingerprint density at radius 1 is 1.34 bits per heavy atom. The van der Waals surface area contributed by atoms with Crippen molar-refractivity contribution in [2.75, 3.05) is 46.2 Å². The molecule has 186 valence electrons. The Morgan fingerprint density at radius 3 is 2.89 bits per heavy atom. The van der Waals surface area contributed by atoms with E-state index in [0.717, 1.165) is 0 Å². The van der Waals surface area contributed by atoms with Gasteiger partial charge in [0.1, 0.15) is 30.3 Å². The number of nitrogens with one attached hydrogen (secondary N) is 1. The van der Waals surface area contributed by atoms with Crippen molar-refractivity contribution < 1.29 is 23.8 Å². The zero-order valence-corrected chi connectivity index (χ0v) is 20.4. The fraction of sp³-hybridized carbons (Fsp3) is 0.375. The fourth-order valence-electron chi connectivity index (χ4n) is 4.09. The van der Waals surface area contributed by atoms with Gasteiger partial charge in [-0.15, -0.1) is 0 Å². The molecule has 1 amide bonds. The summed E-state index contributed by atoms with van der Waals surface area (Å²) < 4.78 is 26.1. The molecular formula is C24H27ClFN5O4. The molecule has 0 saturated carbocycles. The van der Waals surface area contributed by atoms with Crippen LogP contribution in [0.2, 0.25) is 5.02 Å². The van der Waals surface area contributed by atoms with Crippen molar-refractivity contribution in [1.82, 2.24) is 19.8 Å². The Balaban J connectivity index is 1.66. The number of methoxy groups -OCH3 is 1. The first-order chi connectivity index (χ1) is 16.8. The predicted octanol–water partition coefficient (Wildman–Crippen LogP) is 3.08. The molecule has 0 aliphatic carbocycles. The van der Waals surface area contributed by atoms with E-state index < -0.39 is 11.9 Å². The Hall–Kier alpha value is -3.21. The van der Waals surface area contributed by atoms with E-state index in [1.54, 1.807) is 34.1 Å². The maximum Gasteiger partial charge on any atom is 0.237 e. The molecule has 4 rings (SSSR count). The third-order valence-electron chi connectivity index (χ3n) is 5.71. The largest absolute Gasteiger partial charge is 0.497 e. The molecule has 11 heteroatoms. The van der Waals surface area contributed by atoms with Gasteiger partial charge in [-0.1, -0.05) is 17.7 Å². The molecule has 0 spiro atoms. The summed E-state index contributed by atoms with van der Waals surface area (Å²) in [6.45, 7) is 0.625. The first-order valence-corrected chi connectivity index (χ1v) is 11.4. The summed E-state index contributed by atoms with van der Waals surface area (Å²) in [5, 5.41) is 13.7. The molecule has 0 bridgehead atoms. The van der Waals surface area contributed by atoms with Gasteiger partial charge in [-0.25, -0.2) is 14.4 Å². The smallest absolute Gasteiger partial charge is 0.237 e. The monoisotopic (exact) mass is 503 g/mol. The number of β-amino-alcohol motifs (C(OH)–C–C–N with tert-alkyl or cyclic N) is 1. The number of halogens is 2. The number of ether oxygens (including phenoxy) is 2. The van der Waals surface area contributed by atoms with E-state index in [1.165, 1.54) is 19.5 Å². The van der Waals surface area contributed by atoms with Gasteiger partial charge < -0.3 is 29.7 Å². The van der Waals surface area contributed by atoms with Crippen molar-refractivity contribution >= 4 is 39.9 Å². The van der Waals surface area contributed by atoms with Gasteiger partial charge in [0.25, 0.3) is 0 Å². The van der Waals surface area contributed by atoms with E-state index in [1.807, 2.05) is 14.1 Å². The molecule has 1 aliphatic heterocycles. The van der Waals surface area contributed by atoms with Crippen molar-refractivity contribution in [2.45, 2.75) is 18.6 Å². The van der Waals surface area contributed by atoms with Crippen molar-refractivity contribution in [2.24, 2.45) is 0 Å².